The standard InChI is InChI=1S/C40H53ClN4O5/c1-40(2,3)28-45-33-18-17-30(41)26-32(33)37(50-35(39(45)47)27-36(46)44-23-19-42-20-24-44)31-15-9-16-34(38(31)48-5)49-25-11-22-43(4)21-10-14-29-12-7-6-8-13-29/h6-9,12-13,15-18,26,35,37,42H,10-11,14,19-25,27-28H2,1-5H3. The summed E-state index contributed by atoms with van der Waals surface area (Å²) in [5, 5.41) is 3.81. The summed E-state index contributed by atoms with van der Waals surface area (Å²) >= 11 is 6.61. The van der Waals surface area contributed by atoms with Crippen LogP contribution in [0.25, 0.3) is 0 Å². The van der Waals surface area contributed by atoms with Crippen LogP contribution in [0.4, 0.5) is 5.69 Å². The normalized spacial score (nSPS) is 18.2. The van der Waals surface area contributed by atoms with E-state index in [1.165, 1.54) is 5.56 Å². The molecule has 2 aliphatic heterocycles. The summed E-state index contributed by atoms with van der Waals surface area (Å²) in [7, 11) is 3.76. The molecule has 0 spiro atoms. The number of carbonyl (C=O) groups is 2. The van der Waals surface area contributed by atoms with E-state index in [0.29, 0.717) is 54.0 Å². The Morgan fingerprint density at radius 2 is 1.74 bits per heavy atom. The van der Waals surface area contributed by atoms with Crippen LogP contribution < -0.4 is 19.7 Å². The van der Waals surface area contributed by atoms with Crippen LogP contribution in [-0.4, -0.2) is 94.3 Å². The quantitative estimate of drug-likeness (QED) is 0.195. The van der Waals surface area contributed by atoms with Crippen molar-refractivity contribution in [1.29, 1.82) is 0 Å². The van der Waals surface area contributed by atoms with Crippen molar-refractivity contribution in [3.8, 4) is 11.5 Å². The minimum atomic E-state index is -1.01. The predicted octanol–water partition coefficient (Wildman–Crippen LogP) is 6.37. The highest BCUT2D eigenvalue weighted by Crippen LogP contribution is 2.45. The number of methoxy groups -OCH3 is 1. The van der Waals surface area contributed by atoms with E-state index in [2.05, 4.69) is 68.4 Å². The number of fused-ring (bicyclic) bond motifs is 1. The molecule has 5 rings (SSSR count). The summed E-state index contributed by atoms with van der Waals surface area (Å²) in [6.45, 7) is 11.8. The number of para-hydroxylation sites is 1. The minimum absolute atomic E-state index is 0.0604. The number of carbonyl (C=O) groups excluding carboxylic acids is 2. The highest BCUT2D eigenvalue weighted by molar-refractivity contribution is 6.30. The average molecular weight is 705 g/mol. The third kappa shape index (κ3) is 10.00. The molecule has 2 heterocycles. The number of rotatable bonds is 14. The maximum Gasteiger partial charge on any atom is 0.256 e. The van der Waals surface area contributed by atoms with Crippen LogP contribution in [0.3, 0.4) is 0 Å². The molecule has 2 atom stereocenters. The van der Waals surface area contributed by atoms with Gasteiger partial charge in [0, 0.05) is 61.1 Å². The Hall–Kier alpha value is -3.63. The summed E-state index contributed by atoms with van der Waals surface area (Å²) in [5.41, 5.74) is 3.29. The Kier molecular flexibility index (Phi) is 13.2. The molecular formula is C40H53ClN4O5. The molecule has 270 valence electrons. The molecule has 2 unspecified atom stereocenters. The van der Waals surface area contributed by atoms with Crippen LogP contribution >= 0.6 is 11.6 Å². The zero-order chi connectivity index (χ0) is 35.7. The Morgan fingerprint density at radius 3 is 2.46 bits per heavy atom. The van der Waals surface area contributed by atoms with E-state index < -0.39 is 12.2 Å². The first-order valence-corrected chi connectivity index (χ1v) is 18.2. The Labute approximate surface area is 302 Å². The molecule has 0 saturated carbocycles. The van der Waals surface area contributed by atoms with E-state index in [0.717, 1.165) is 51.0 Å². The molecule has 1 fully saturated rings. The van der Waals surface area contributed by atoms with Crippen molar-refractivity contribution in [2.75, 3.05) is 71.5 Å². The van der Waals surface area contributed by atoms with E-state index in [9.17, 15) is 9.59 Å². The summed E-state index contributed by atoms with van der Waals surface area (Å²) < 4.78 is 19.1. The van der Waals surface area contributed by atoms with Gasteiger partial charge >= 0.3 is 0 Å². The first-order valence-electron chi connectivity index (χ1n) is 17.8. The maximum atomic E-state index is 14.4. The van der Waals surface area contributed by atoms with Crippen molar-refractivity contribution in [3.63, 3.8) is 0 Å². The lowest BCUT2D eigenvalue weighted by atomic mass is 9.94. The van der Waals surface area contributed by atoms with Gasteiger partial charge in [-0.15, -0.1) is 0 Å². The Bertz CT molecular complexity index is 1570. The van der Waals surface area contributed by atoms with Gasteiger partial charge in [-0.05, 0) is 68.1 Å². The second kappa shape index (κ2) is 17.5. The second-order valence-corrected chi connectivity index (χ2v) is 14.9. The number of halogens is 1. The monoisotopic (exact) mass is 704 g/mol. The van der Waals surface area contributed by atoms with Gasteiger partial charge in [0.2, 0.25) is 5.91 Å². The summed E-state index contributed by atoms with van der Waals surface area (Å²) in [6.07, 6.45) is 1.19. The van der Waals surface area contributed by atoms with Crippen molar-refractivity contribution in [3.05, 3.63) is 88.4 Å². The highest BCUT2D eigenvalue weighted by atomic mass is 35.5. The van der Waals surface area contributed by atoms with Gasteiger partial charge in [0.05, 0.1) is 20.1 Å². The van der Waals surface area contributed by atoms with Crippen molar-refractivity contribution in [2.24, 2.45) is 5.41 Å². The van der Waals surface area contributed by atoms with Crippen LogP contribution in [0.5, 0.6) is 11.5 Å². The van der Waals surface area contributed by atoms with Crippen LogP contribution in [0.15, 0.2) is 66.7 Å². The molecule has 2 amide bonds. The molecule has 3 aromatic carbocycles. The largest absolute Gasteiger partial charge is 0.492 e. The zero-order valence-corrected chi connectivity index (χ0v) is 31.0. The van der Waals surface area contributed by atoms with Crippen molar-refractivity contribution >= 4 is 29.1 Å². The lowest BCUT2D eigenvalue weighted by molar-refractivity contribution is -0.143. The molecule has 9 nitrogen and oxygen atoms in total. The smallest absolute Gasteiger partial charge is 0.256 e. The van der Waals surface area contributed by atoms with E-state index in [1.807, 2.05) is 30.3 Å². The van der Waals surface area contributed by atoms with Gasteiger partial charge < -0.3 is 34.2 Å². The van der Waals surface area contributed by atoms with Gasteiger partial charge in [-0.3, -0.25) is 9.59 Å². The summed E-state index contributed by atoms with van der Waals surface area (Å²) in [4.78, 5) is 33.8. The summed E-state index contributed by atoms with van der Waals surface area (Å²) in [6, 6.07) is 21.8. The van der Waals surface area contributed by atoms with Gasteiger partial charge in [-0.2, -0.15) is 0 Å². The number of anilines is 1. The topological polar surface area (TPSA) is 83.6 Å². The maximum absolute atomic E-state index is 14.4. The fourth-order valence-corrected chi connectivity index (χ4v) is 6.86. The number of benzene rings is 3. The van der Waals surface area contributed by atoms with E-state index in [-0.39, 0.29) is 23.7 Å². The average Bonchev–Trinajstić information content (AvgIpc) is 3.20. The molecule has 50 heavy (non-hydrogen) atoms. The van der Waals surface area contributed by atoms with Gasteiger partial charge in [-0.25, -0.2) is 0 Å². The first kappa shape index (κ1) is 37.6. The second-order valence-electron chi connectivity index (χ2n) is 14.5. The van der Waals surface area contributed by atoms with Gasteiger partial charge in [0.25, 0.3) is 5.91 Å². The van der Waals surface area contributed by atoms with Crippen molar-refractivity contribution < 1.29 is 23.8 Å². The zero-order valence-electron chi connectivity index (χ0n) is 30.3. The number of amides is 2. The number of hydrogen-bond donors (Lipinski definition) is 1. The summed E-state index contributed by atoms with van der Waals surface area (Å²) in [5.74, 6) is 0.786. The number of nitrogens with one attached hydrogen (secondary N) is 1. The van der Waals surface area contributed by atoms with Gasteiger partial charge in [0.1, 0.15) is 12.2 Å². The number of nitrogens with zero attached hydrogens (tertiary/aromatic N) is 3. The molecule has 2 aliphatic rings. The molecule has 3 aromatic rings. The number of aryl methyl sites for hydroxylation is 1. The highest BCUT2D eigenvalue weighted by Gasteiger charge is 2.40. The van der Waals surface area contributed by atoms with Crippen LogP contribution in [0, 0.1) is 5.41 Å². The van der Waals surface area contributed by atoms with Crippen molar-refractivity contribution in [1.82, 2.24) is 15.1 Å². The predicted molar refractivity (Wildman–Crippen MR) is 199 cm³/mol. The molecule has 1 N–H and O–H groups in total. The van der Waals surface area contributed by atoms with Gasteiger partial charge in [0.15, 0.2) is 11.5 Å². The molecule has 10 heteroatoms. The third-order valence-electron chi connectivity index (χ3n) is 9.15. The Morgan fingerprint density at radius 1 is 1.00 bits per heavy atom. The van der Waals surface area contributed by atoms with E-state index in [4.69, 9.17) is 25.8 Å². The van der Waals surface area contributed by atoms with Crippen LogP contribution in [0.2, 0.25) is 5.02 Å². The number of ether oxygens (including phenoxy) is 3. The lowest BCUT2D eigenvalue weighted by Gasteiger charge is -2.32. The van der Waals surface area contributed by atoms with Crippen LogP contribution in [0.1, 0.15) is 62.8 Å². The van der Waals surface area contributed by atoms with E-state index in [1.54, 1.807) is 23.0 Å². The SMILES string of the molecule is COc1c(OCCCN(C)CCCc2ccccc2)cccc1C1OC(CC(=O)N2CCNCC2)C(=O)N(CC(C)(C)C)c2ccc(Cl)cc21. The minimum Gasteiger partial charge on any atom is -0.492 e. The molecule has 0 bridgehead atoms. The number of hydrogen-bond acceptors (Lipinski definition) is 7. The third-order valence-corrected chi connectivity index (χ3v) is 9.39. The number of piperazine rings is 1. The van der Waals surface area contributed by atoms with Crippen molar-refractivity contribution in [2.45, 2.75) is 58.7 Å². The first-order chi connectivity index (χ1) is 24.0. The molecule has 0 aromatic heterocycles. The molecule has 0 radical (unpaired) electrons. The Balaban J connectivity index is 1.36. The van der Waals surface area contributed by atoms with E-state index >= 15 is 0 Å². The molecular weight excluding hydrogens is 652 g/mol. The molecule has 0 aliphatic carbocycles. The molecule has 1 saturated heterocycles. The fraction of sp³-hybridized carbons (Fsp3) is 0.500. The fourth-order valence-electron chi connectivity index (χ4n) is 6.68. The van der Waals surface area contributed by atoms with Crippen LogP contribution in [-0.2, 0) is 20.7 Å². The lowest BCUT2D eigenvalue weighted by Crippen LogP contribution is -2.49. The van der Waals surface area contributed by atoms with Gasteiger partial charge in [-0.1, -0.05) is 74.8 Å².